The van der Waals surface area contributed by atoms with Crippen LogP contribution in [0.25, 0.3) is 10.9 Å². The number of methoxy groups -OCH3 is 1. The number of nitrogens with one attached hydrogen (secondary N) is 3. The van der Waals surface area contributed by atoms with E-state index in [9.17, 15) is 24.3 Å². The molecule has 3 aromatic carbocycles. The molecule has 1 aliphatic rings. The van der Waals surface area contributed by atoms with Gasteiger partial charge in [-0.2, -0.15) is 0 Å². The fourth-order valence-corrected chi connectivity index (χ4v) is 7.79. The Balaban J connectivity index is 1.47. The average Bonchev–Trinajstić information content (AvgIpc) is 3.53. The average molecular weight is 779 g/mol. The van der Waals surface area contributed by atoms with E-state index in [-0.39, 0.29) is 67.3 Å². The van der Waals surface area contributed by atoms with Crippen LogP contribution >= 0.6 is 23.2 Å². The minimum Gasteiger partial charge on any atom is -0.504 e. The number of halogens is 2. The summed E-state index contributed by atoms with van der Waals surface area (Å²) in [4.78, 5) is 59.9. The van der Waals surface area contributed by atoms with E-state index in [2.05, 4.69) is 15.6 Å². The van der Waals surface area contributed by atoms with Crippen LogP contribution in [0.15, 0.2) is 60.7 Å². The summed E-state index contributed by atoms with van der Waals surface area (Å²) in [5.41, 5.74) is 2.25. The number of aromatic hydroxyl groups is 1. The van der Waals surface area contributed by atoms with Crippen LogP contribution in [0.3, 0.4) is 0 Å². The third-order valence-electron chi connectivity index (χ3n) is 11.0. The highest BCUT2D eigenvalue weighted by Gasteiger charge is 2.46. The molecule has 0 fully saturated rings. The van der Waals surface area contributed by atoms with E-state index in [1.807, 2.05) is 58.0 Å². The van der Waals surface area contributed by atoms with Crippen LogP contribution in [-0.2, 0) is 43.4 Å². The molecule has 1 aliphatic carbocycles. The Labute approximate surface area is 326 Å². The van der Waals surface area contributed by atoms with Gasteiger partial charge >= 0.3 is 5.97 Å². The van der Waals surface area contributed by atoms with E-state index >= 15 is 0 Å². The molecule has 0 saturated heterocycles. The van der Waals surface area contributed by atoms with E-state index in [0.29, 0.717) is 40.5 Å². The van der Waals surface area contributed by atoms with Gasteiger partial charge in [0.2, 0.25) is 11.8 Å². The molecule has 54 heavy (non-hydrogen) atoms. The first kappa shape index (κ1) is 40.6. The summed E-state index contributed by atoms with van der Waals surface area (Å²) in [5, 5.41) is 17.8. The van der Waals surface area contributed by atoms with Crippen molar-refractivity contribution >= 4 is 63.4 Å². The zero-order valence-electron chi connectivity index (χ0n) is 31.4. The molecule has 10 nitrogen and oxygen atoms in total. The molecule has 0 saturated carbocycles. The fourth-order valence-electron chi connectivity index (χ4n) is 7.25. The number of esters is 1. The van der Waals surface area contributed by atoms with Crippen LogP contribution in [0.5, 0.6) is 11.5 Å². The number of fused-ring (bicyclic) bond motifs is 3. The van der Waals surface area contributed by atoms with Crippen molar-refractivity contribution < 1.29 is 33.8 Å². The molecule has 0 spiro atoms. The van der Waals surface area contributed by atoms with E-state index < -0.39 is 29.3 Å². The number of hydrogen-bond donors (Lipinski definition) is 4. The summed E-state index contributed by atoms with van der Waals surface area (Å²) < 4.78 is 10.8. The normalized spacial score (nSPS) is 17.5. The van der Waals surface area contributed by atoms with Gasteiger partial charge in [-0.25, -0.2) is 0 Å². The Hall–Kier alpha value is -4.54. The molecule has 2 amide bonds. The maximum atomic E-state index is 14.9. The van der Waals surface area contributed by atoms with Gasteiger partial charge in [-0.05, 0) is 60.1 Å². The van der Waals surface area contributed by atoms with Crippen molar-refractivity contribution in [3.8, 4) is 11.5 Å². The molecule has 1 heterocycles. The first-order chi connectivity index (χ1) is 25.8. The Morgan fingerprint density at radius 1 is 0.926 bits per heavy atom. The minimum atomic E-state index is -1.40. The van der Waals surface area contributed by atoms with Crippen molar-refractivity contribution in [3.05, 3.63) is 87.5 Å². The number of phenolic OH excluding ortho intramolecular Hbond substituents is 1. The SMILES string of the molecule is CCC(C)[C@H](CC(=O)[C@@]1(NC(=O)[C@@H](CC(=O)OCc2ccccc2)C(C)CC)CCc2[nH]c3c(Cl)cc(Cl)cc3c2C1)C(=O)Nc1ccc(O)c(OC)c1. The summed E-state index contributed by atoms with van der Waals surface area (Å²) in [7, 11) is 1.42. The number of aryl methyl sites for hydroxylation is 1. The Morgan fingerprint density at radius 3 is 2.28 bits per heavy atom. The molecule has 4 N–H and O–H groups in total. The second kappa shape index (κ2) is 17.7. The number of ketones is 1. The Kier molecular flexibility index (Phi) is 13.3. The van der Waals surface area contributed by atoms with Gasteiger partial charge < -0.3 is 30.2 Å². The number of carbonyl (C=O) groups excluding carboxylic acids is 4. The van der Waals surface area contributed by atoms with Gasteiger partial charge in [0.05, 0.1) is 30.0 Å². The number of benzene rings is 3. The Bertz CT molecular complexity index is 2000. The van der Waals surface area contributed by atoms with Crippen molar-refractivity contribution in [1.82, 2.24) is 10.3 Å². The van der Waals surface area contributed by atoms with Crippen LogP contribution < -0.4 is 15.4 Å². The molecule has 288 valence electrons. The molecule has 12 heteroatoms. The molecule has 4 aromatic rings. The Morgan fingerprint density at radius 2 is 1.61 bits per heavy atom. The standard InChI is InChI=1S/C42H49Cl2N3O7/c1-6-24(3)29(40(51)45-28-13-14-35(48)36(19-28)53-5)20-37(49)42(16-15-34-32(22-42)31-17-27(43)18-33(44)39(31)46-34)47-41(52)30(25(4)7-2)21-38(50)54-23-26-11-9-8-10-12-26/h8-14,17-19,24-25,29-30,46,48H,6-7,15-16,20-23H2,1-5H3,(H,45,51)(H,47,52)/t24?,25?,29-,30-,42+/m0/s1. The van der Waals surface area contributed by atoms with E-state index in [1.165, 1.54) is 19.2 Å². The molecule has 0 aliphatic heterocycles. The third-order valence-corrected chi connectivity index (χ3v) is 11.5. The highest BCUT2D eigenvalue weighted by molar-refractivity contribution is 6.38. The number of anilines is 1. The number of aromatic nitrogens is 1. The molecule has 0 bridgehead atoms. The summed E-state index contributed by atoms with van der Waals surface area (Å²) in [5.74, 6) is -3.38. The van der Waals surface area contributed by atoms with E-state index in [4.69, 9.17) is 32.7 Å². The smallest absolute Gasteiger partial charge is 0.306 e. The van der Waals surface area contributed by atoms with Gasteiger partial charge in [0.25, 0.3) is 0 Å². The summed E-state index contributed by atoms with van der Waals surface area (Å²) in [6.45, 7) is 7.82. The maximum Gasteiger partial charge on any atom is 0.306 e. The van der Waals surface area contributed by atoms with Crippen LogP contribution in [-0.4, -0.2) is 46.3 Å². The highest BCUT2D eigenvalue weighted by atomic mass is 35.5. The van der Waals surface area contributed by atoms with Gasteiger partial charge in [-0.1, -0.05) is 94.1 Å². The van der Waals surface area contributed by atoms with Crippen molar-refractivity contribution in [3.63, 3.8) is 0 Å². The number of phenols is 1. The number of amides is 2. The van der Waals surface area contributed by atoms with Crippen LogP contribution in [0.4, 0.5) is 5.69 Å². The number of aromatic amines is 1. The lowest BCUT2D eigenvalue weighted by Crippen LogP contribution is -2.60. The highest BCUT2D eigenvalue weighted by Crippen LogP contribution is 2.40. The van der Waals surface area contributed by atoms with Gasteiger partial charge in [0.1, 0.15) is 12.1 Å². The van der Waals surface area contributed by atoms with E-state index in [1.54, 1.807) is 18.2 Å². The second-order valence-corrected chi connectivity index (χ2v) is 15.3. The lowest BCUT2D eigenvalue weighted by Gasteiger charge is -2.39. The molecule has 1 aromatic heterocycles. The van der Waals surface area contributed by atoms with Gasteiger partial charge in [-0.3, -0.25) is 19.2 Å². The summed E-state index contributed by atoms with van der Waals surface area (Å²) in [6.07, 6.45) is 1.75. The lowest BCUT2D eigenvalue weighted by atomic mass is 9.72. The van der Waals surface area contributed by atoms with Crippen molar-refractivity contribution in [2.45, 2.75) is 84.8 Å². The number of H-pyrrole nitrogens is 1. The maximum absolute atomic E-state index is 14.9. The number of hydrogen-bond acceptors (Lipinski definition) is 7. The second-order valence-electron chi connectivity index (χ2n) is 14.5. The van der Waals surface area contributed by atoms with Gasteiger partial charge in [0.15, 0.2) is 17.3 Å². The molecular formula is C42H49Cl2N3O7. The van der Waals surface area contributed by atoms with Crippen molar-refractivity contribution in [2.24, 2.45) is 23.7 Å². The number of rotatable bonds is 16. The van der Waals surface area contributed by atoms with Crippen LogP contribution in [0, 0.1) is 23.7 Å². The predicted molar refractivity (Wildman–Crippen MR) is 211 cm³/mol. The third kappa shape index (κ3) is 9.21. The van der Waals surface area contributed by atoms with Crippen molar-refractivity contribution in [1.29, 1.82) is 0 Å². The number of carbonyl (C=O) groups is 4. The quantitative estimate of drug-likeness (QED) is 0.0658. The van der Waals surface area contributed by atoms with E-state index in [0.717, 1.165) is 22.2 Å². The molecule has 5 atom stereocenters. The zero-order chi connectivity index (χ0) is 39.2. The topological polar surface area (TPSA) is 147 Å². The number of ether oxygens (including phenoxy) is 2. The largest absolute Gasteiger partial charge is 0.504 e. The predicted octanol–water partition coefficient (Wildman–Crippen LogP) is 8.59. The van der Waals surface area contributed by atoms with Gasteiger partial charge in [0, 0.05) is 46.6 Å². The molecule has 0 radical (unpaired) electrons. The lowest BCUT2D eigenvalue weighted by molar-refractivity contribution is -0.149. The molecular weight excluding hydrogens is 729 g/mol. The first-order valence-corrected chi connectivity index (χ1v) is 19.3. The van der Waals surface area contributed by atoms with Crippen LogP contribution in [0.1, 0.15) is 76.6 Å². The summed E-state index contributed by atoms with van der Waals surface area (Å²) in [6, 6.07) is 17.3. The molecule has 5 rings (SSSR count). The number of Topliss-reactive ketones (excluding diaryl/α,β-unsaturated/α-hetero) is 1. The van der Waals surface area contributed by atoms with Crippen molar-refractivity contribution in [2.75, 3.05) is 12.4 Å². The fraction of sp³-hybridized carbons (Fsp3) is 0.429. The summed E-state index contributed by atoms with van der Waals surface area (Å²) >= 11 is 13.0. The first-order valence-electron chi connectivity index (χ1n) is 18.5. The van der Waals surface area contributed by atoms with Crippen LogP contribution in [0.2, 0.25) is 10.0 Å². The molecule has 2 unspecified atom stereocenters. The monoisotopic (exact) mass is 777 g/mol. The zero-order valence-corrected chi connectivity index (χ0v) is 32.9. The van der Waals surface area contributed by atoms with Gasteiger partial charge in [-0.15, -0.1) is 0 Å². The minimum absolute atomic E-state index is 0.0708.